The lowest BCUT2D eigenvalue weighted by molar-refractivity contribution is 0.138. The highest BCUT2D eigenvalue weighted by Crippen LogP contribution is 2.22. The molecule has 0 aliphatic heterocycles. The summed E-state index contributed by atoms with van der Waals surface area (Å²) in [7, 11) is 0. The third-order valence-corrected chi connectivity index (χ3v) is 2.15. The third kappa shape index (κ3) is 1.84. The second-order valence-electron chi connectivity index (χ2n) is 3.04. The molecule has 1 nitrogen and oxygen atoms in total. The lowest BCUT2D eigenvalue weighted by atomic mass is 10.00. The van der Waals surface area contributed by atoms with Gasteiger partial charge in [-0.1, -0.05) is 31.9 Å². The summed E-state index contributed by atoms with van der Waals surface area (Å²) in [5, 5.41) is 9.35. The van der Waals surface area contributed by atoms with E-state index in [4.69, 9.17) is 0 Å². The van der Waals surface area contributed by atoms with Crippen LogP contribution in [-0.2, 0) is 0 Å². The van der Waals surface area contributed by atoms with Crippen molar-refractivity contribution < 1.29 is 5.11 Å². The summed E-state index contributed by atoms with van der Waals surface area (Å²) < 4.78 is 0. The van der Waals surface area contributed by atoms with E-state index in [0.29, 0.717) is 5.92 Å². The maximum Gasteiger partial charge on any atom is 0.0637 e. The molecule has 1 heteroatoms. The summed E-state index contributed by atoms with van der Waals surface area (Å²) >= 11 is 0. The quantitative estimate of drug-likeness (QED) is 0.595. The van der Waals surface area contributed by atoms with Gasteiger partial charge in [0.1, 0.15) is 0 Å². The van der Waals surface area contributed by atoms with Crippen molar-refractivity contribution in [3.8, 4) is 0 Å². The zero-order valence-corrected chi connectivity index (χ0v) is 6.59. The van der Waals surface area contributed by atoms with Crippen LogP contribution in [0.25, 0.3) is 0 Å². The predicted molar refractivity (Wildman–Crippen MR) is 42.8 cm³/mol. The summed E-state index contributed by atoms with van der Waals surface area (Å²) in [6, 6.07) is 0. The Bertz CT molecular complexity index is 118. The molecule has 0 aromatic carbocycles. The van der Waals surface area contributed by atoms with E-state index in [0.717, 1.165) is 12.8 Å². The van der Waals surface area contributed by atoms with Crippen molar-refractivity contribution in [1.29, 1.82) is 0 Å². The lowest BCUT2D eigenvalue weighted by Gasteiger charge is -2.11. The molecule has 1 N–H and O–H groups in total. The van der Waals surface area contributed by atoms with E-state index < -0.39 is 0 Å². The van der Waals surface area contributed by atoms with Crippen LogP contribution in [-0.4, -0.2) is 11.2 Å². The van der Waals surface area contributed by atoms with Crippen LogP contribution >= 0.6 is 0 Å². The molecule has 0 radical (unpaired) electrons. The molecule has 0 bridgehead atoms. The zero-order chi connectivity index (χ0) is 7.40. The molecule has 58 valence electrons. The Balaban J connectivity index is 2.20. The third-order valence-electron chi connectivity index (χ3n) is 2.15. The van der Waals surface area contributed by atoms with Gasteiger partial charge in [0.15, 0.2) is 0 Å². The Kier molecular flexibility index (Phi) is 2.94. The van der Waals surface area contributed by atoms with Crippen molar-refractivity contribution >= 4 is 0 Å². The van der Waals surface area contributed by atoms with Crippen LogP contribution in [0.1, 0.15) is 32.6 Å². The van der Waals surface area contributed by atoms with Crippen molar-refractivity contribution in [2.45, 2.75) is 38.7 Å². The second kappa shape index (κ2) is 3.77. The van der Waals surface area contributed by atoms with Gasteiger partial charge in [0, 0.05) is 5.92 Å². The first-order chi connectivity index (χ1) is 4.84. The fraction of sp³-hybridized carbons (Fsp3) is 0.778. The first-order valence-electron chi connectivity index (χ1n) is 4.19. The average Bonchev–Trinajstić information content (AvgIpc) is 2.31. The fourth-order valence-corrected chi connectivity index (χ4v) is 1.42. The number of unbranched alkanes of at least 4 members (excludes halogenated alkanes) is 1. The molecule has 0 saturated carbocycles. The highest BCUT2D eigenvalue weighted by molar-refractivity contribution is 5.01. The molecule has 0 fully saturated rings. The van der Waals surface area contributed by atoms with E-state index in [9.17, 15) is 5.11 Å². The predicted octanol–water partition coefficient (Wildman–Crippen LogP) is 2.11. The van der Waals surface area contributed by atoms with Crippen LogP contribution in [0.15, 0.2) is 12.2 Å². The van der Waals surface area contributed by atoms with Gasteiger partial charge in [0.25, 0.3) is 0 Å². The summed E-state index contributed by atoms with van der Waals surface area (Å²) in [5.74, 6) is 0.458. The van der Waals surface area contributed by atoms with E-state index in [1.165, 1.54) is 12.8 Å². The number of aliphatic hydroxyl groups excluding tert-OH is 1. The van der Waals surface area contributed by atoms with Gasteiger partial charge in [-0.25, -0.2) is 0 Å². The minimum atomic E-state index is -0.0773. The van der Waals surface area contributed by atoms with E-state index >= 15 is 0 Å². The molecule has 1 rings (SSSR count). The Labute approximate surface area is 62.8 Å². The molecule has 0 spiro atoms. The number of rotatable bonds is 3. The van der Waals surface area contributed by atoms with Crippen LogP contribution < -0.4 is 0 Å². The van der Waals surface area contributed by atoms with E-state index in [-0.39, 0.29) is 6.10 Å². The minimum absolute atomic E-state index is 0.0773. The second-order valence-corrected chi connectivity index (χ2v) is 3.04. The van der Waals surface area contributed by atoms with E-state index in [2.05, 4.69) is 19.1 Å². The zero-order valence-electron chi connectivity index (χ0n) is 6.59. The van der Waals surface area contributed by atoms with Crippen molar-refractivity contribution in [3.05, 3.63) is 12.2 Å². The molecular weight excluding hydrogens is 124 g/mol. The maximum atomic E-state index is 9.35. The average molecular weight is 140 g/mol. The first-order valence-corrected chi connectivity index (χ1v) is 4.19. The molecule has 0 unspecified atom stereocenters. The normalized spacial score (nSPS) is 31.4. The fourth-order valence-electron chi connectivity index (χ4n) is 1.42. The highest BCUT2D eigenvalue weighted by Gasteiger charge is 2.18. The summed E-state index contributed by atoms with van der Waals surface area (Å²) in [5.41, 5.74) is 0. The van der Waals surface area contributed by atoms with Gasteiger partial charge in [0.2, 0.25) is 0 Å². The van der Waals surface area contributed by atoms with Crippen LogP contribution in [0.5, 0.6) is 0 Å². The van der Waals surface area contributed by atoms with Crippen LogP contribution in [0.2, 0.25) is 0 Å². The number of hydrogen-bond donors (Lipinski definition) is 1. The summed E-state index contributed by atoms with van der Waals surface area (Å²) in [4.78, 5) is 0. The highest BCUT2D eigenvalue weighted by atomic mass is 16.3. The van der Waals surface area contributed by atoms with Gasteiger partial charge < -0.3 is 5.11 Å². The van der Waals surface area contributed by atoms with Gasteiger partial charge >= 0.3 is 0 Å². The Morgan fingerprint density at radius 1 is 1.60 bits per heavy atom. The Morgan fingerprint density at radius 2 is 2.40 bits per heavy atom. The SMILES string of the molecule is CCCC[C@H]1C=CC[C@@H]1O. The van der Waals surface area contributed by atoms with E-state index in [1.807, 2.05) is 0 Å². The minimum Gasteiger partial charge on any atom is -0.392 e. The van der Waals surface area contributed by atoms with Crippen molar-refractivity contribution in [3.63, 3.8) is 0 Å². The summed E-state index contributed by atoms with van der Waals surface area (Å²) in [6.45, 7) is 2.19. The standard InChI is InChI=1S/C9H16O/c1-2-3-5-8-6-4-7-9(8)10/h4,6,8-10H,2-3,5,7H2,1H3/t8-,9-/m0/s1. The first kappa shape index (κ1) is 7.80. The molecule has 1 aliphatic rings. The van der Waals surface area contributed by atoms with Crippen molar-refractivity contribution in [2.75, 3.05) is 0 Å². The molecular formula is C9H16O. The van der Waals surface area contributed by atoms with Crippen LogP contribution in [0.4, 0.5) is 0 Å². The van der Waals surface area contributed by atoms with Gasteiger partial charge in [-0.15, -0.1) is 0 Å². The van der Waals surface area contributed by atoms with Gasteiger partial charge in [-0.2, -0.15) is 0 Å². The number of hydrogen-bond acceptors (Lipinski definition) is 1. The molecule has 2 atom stereocenters. The van der Waals surface area contributed by atoms with Crippen molar-refractivity contribution in [1.82, 2.24) is 0 Å². The largest absolute Gasteiger partial charge is 0.392 e. The van der Waals surface area contributed by atoms with Gasteiger partial charge in [-0.05, 0) is 12.8 Å². The number of aliphatic hydroxyl groups is 1. The maximum absolute atomic E-state index is 9.35. The monoisotopic (exact) mass is 140 g/mol. The Morgan fingerprint density at radius 3 is 2.90 bits per heavy atom. The lowest BCUT2D eigenvalue weighted by Crippen LogP contribution is -2.12. The molecule has 0 saturated heterocycles. The molecule has 0 amide bonds. The molecule has 0 aromatic heterocycles. The topological polar surface area (TPSA) is 20.2 Å². The van der Waals surface area contributed by atoms with Gasteiger partial charge in [0.05, 0.1) is 6.10 Å². The molecule has 0 heterocycles. The van der Waals surface area contributed by atoms with Crippen molar-refractivity contribution in [2.24, 2.45) is 5.92 Å². The molecule has 1 aliphatic carbocycles. The van der Waals surface area contributed by atoms with Crippen LogP contribution in [0.3, 0.4) is 0 Å². The van der Waals surface area contributed by atoms with Gasteiger partial charge in [-0.3, -0.25) is 0 Å². The molecule has 0 aromatic rings. The summed E-state index contributed by atoms with van der Waals surface area (Å²) in [6.07, 6.45) is 8.67. The molecule has 10 heavy (non-hydrogen) atoms. The van der Waals surface area contributed by atoms with Crippen LogP contribution in [0, 0.1) is 5.92 Å². The Hall–Kier alpha value is -0.300. The van der Waals surface area contributed by atoms with E-state index in [1.54, 1.807) is 0 Å². The smallest absolute Gasteiger partial charge is 0.0637 e.